The number of hydrogen-bond donors (Lipinski definition) is 3. The quantitative estimate of drug-likeness (QED) is 0.513. The fraction of sp³-hybridized carbons (Fsp3) is 0.273. The fourth-order valence-electron chi connectivity index (χ4n) is 0.977. The lowest BCUT2D eigenvalue weighted by Crippen LogP contribution is -2.35. The van der Waals surface area contributed by atoms with Crippen LogP contribution >= 0.6 is 0 Å². The van der Waals surface area contributed by atoms with Crippen LogP contribution in [-0.4, -0.2) is 18.3 Å². The molecule has 1 rings (SSSR count). The van der Waals surface area contributed by atoms with Crippen molar-refractivity contribution in [1.82, 2.24) is 5.32 Å². The van der Waals surface area contributed by atoms with Gasteiger partial charge in [0.05, 0.1) is 9.95 Å². The van der Waals surface area contributed by atoms with Crippen molar-refractivity contribution in [3.63, 3.8) is 0 Å². The van der Waals surface area contributed by atoms with E-state index >= 15 is 0 Å². The lowest BCUT2D eigenvalue weighted by Gasteiger charge is -2.02. The largest absolute Gasteiger partial charge is 0.370 e. The normalized spacial score (nSPS) is 15.0. The Bertz CT molecular complexity index is 471. The topological polar surface area (TPSA) is 74.3 Å². The molecule has 0 fully saturated rings. The summed E-state index contributed by atoms with van der Waals surface area (Å²) in [6.07, 6.45) is 0.0269. The van der Waals surface area contributed by atoms with Gasteiger partial charge in [0.2, 0.25) is 0 Å². The lowest BCUT2D eigenvalue weighted by molar-refractivity contribution is 0.955. The Balaban J connectivity index is 2.78. The summed E-state index contributed by atoms with van der Waals surface area (Å²) in [6, 6.07) is 6.96. The van der Waals surface area contributed by atoms with Crippen LogP contribution in [0.2, 0.25) is 0 Å². The van der Waals surface area contributed by atoms with Gasteiger partial charge >= 0.3 is 0 Å². The van der Waals surface area contributed by atoms with Gasteiger partial charge in [0.15, 0.2) is 5.96 Å². The van der Waals surface area contributed by atoms with Gasteiger partial charge in [-0.3, -0.25) is 10.4 Å². The van der Waals surface area contributed by atoms with E-state index in [0.717, 1.165) is 0 Å². The third kappa shape index (κ3) is 4.81. The summed E-state index contributed by atoms with van der Waals surface area (Å²) < 4.78 is 22.9. The maximum absolute atomic E-state index is 7.74. The second kappa shape index (κ2) is 5.80. The first-order chi connectivity index (χ1) is 8.28. The van der Waals surface area contributed by atoms with Crippen LogP contribution in [0.15, 0.2) is 35.3 Å². The minimum atomic E-state index is -1.87. The molecule has 0 heterocycles. The molecule has 0 radical (unpaired) electrons. The molecule has 0 atom stereocenters. The summed E-state index contributed by atoms with van der Waals surface area (Å²) in [6.45, 7) is -0.387. The Kier molecular flexibility index (Phi) is 2.88. The number of nitrogens with one attached hydrogen (secondary N) is 2. The summed E-state index contributed by atoms with van der Waals surface area (Å²) in [5.74, 6) is -0.0327. The molecular weight excluding hydrogens is 188 g/mol. The van der Waals surface area contributed by atoms with Crippen LogP contribution in [0.1, 0.15) is 16.6 Å². The number of aryl methyl sites for hydroxylation is 1. The van der Waals surface area contributed by atoms with E-state index < -0.39 is 6.50 Å². The number of benzene rings is 1. The molecule has 0 saturated heterocycles. The van der Waals surface area contributed by atoms with Gasteiger partial charge < -0.3 is 11.1 Å². The zero-order valence-electron chi connectivity index (χ0n) is 11.5. The summed E-state index contributed by atoms with van der Waals surface area (Å²) in [5, 5.41) is 9.59. The lowest BCUT2D eigenvalue weighted by atomic mass is 10.2. The maximum atomic E-state index is 7.74. The second-order valence-electron chi connectivity index (χ2n) is 2.99. The monoisotopic (exact) mass is 207 g/mol. The van der Waals surface area contributed by atoms with E-state index in [-0.39, 0.29) is 18.2 Å². The van der Waals surface area contributed by atoms with Crippen LogP contribution in [0.4, 0.5) is 0 Å². The molecule has 1 aromatic carbocycles. The maximum Gasteiger partial charge on any atom is 0.194 e. The Morgan fingerprint density at radius 2 is 2.47 bits per heavy atom. The number of guanidine groups is 1. The zero-order chi connectivity index (χ0) is 13.8. The Morgan fingerprint density at radius 1 is 1.67 bits per heavy atom. The fourth-order valence-corrected chi connectivity index (χ4v) is 0.977. The highest BCUT2D eigenvalue weighted by Crippen LogP contribution is 1.98. The minimum absolute atomic E-state index is 0.0269. The molecule has 4 nitrogen and oxygen atoms in total. The molecule has 80 valence electrons. The molecule has 0 amide bonds. The standard InChI is InChI=1S/C11H16N4/c1-9(12)15-11(13)14-8-7-10-5-3-2-4-6-10/h2-6H,7-8H2,1H3,(H4,12,13,14,15)/i3D,8D2. The van der Waals surface area contributed by atoms with Crippen molar-refractivity contribution >= 4 is 11.8 Å². The SMILES string of the molecule is [2H]c1cccc(CC([2H])([2H])N=C(N)NC(C)=N)c1. The summed E-state index contributed by atoms with van der Waals surface area (Å²) in [7, 11) is 0. The van der Waals surface area contributed by atoms with Gasteiger partial charge in [-0.25, -0.2) is 0 Å². The zero-order valence-corrected chi connectivity index (χ0v) is 8.54. The molecule has 0 bridgehead atoms. The number of amidine groups is 1. The van der Waals surface area contributed by atoms with Crippen LogP contribution in [-0.2, 0) is 6.42 Å². The molecule has 0 spiro atoms. The van der Waals surface area contributed by atoms with Crippen molar-refractivity contribution in [1.29, 1.82) is 5.41 Å². The van der Waals surface area contributed by atoms with Crippen molar-refractivity contribution in [2.24, 2.45) is 10.7 Å². The third-order valence-corrected chi connectivity index (χ3v) is 1.57. The van der Waals surface area contributed by atoms with Crippen molar-refractivity contribution in [2.45, 2.75) is 13.3 Å². The molecule has 0 aliphatic rings. The number of nitrogens with two attached hydrogens (primary N) is 1. The van der Waals surface area contributed by atoms with Crippen molar-refractivity contribution in [2.75, 3.05) is 6.50 Å². The van der Waals surface area contributed by atoms with Crippen LogP contribution in [0.3, 0.4) is 0 Å². The number of nitrogens with zero attached hydrogens (tertiary/aromatic N) is 1. The van der Waals surface area contributed by atoms with Gasteiger partial charge in [-0.1, -0.05) is 30.3 Å². The molecule has 4 N–H and O–H groups in total. The van der Waals surface area contributed by atoms with E-state index in [0.29, 0.717) is 11.6 Å². The average molecular weight is 207 g/mol. The van der Waals surface area contributed by atoms with Crippen molar-refractivity contribution in [3.05, 3.63) is 35.9 Å². The molecule has 1 aromatic rings. The average Bonchev–Trinajstić information content (AvgIpc) is 2.13. The highest BCUT2D eigenvalue weighted by Gasteiger charge is 1.92. The first-order valence-electron chi connectivity index (χ1n) is 6.01. The van der Waals surface area contributed by atoms with Gasteiger partial charge in [-0.05, 0) is 18.9 Å². The second-order valence-corrected chi connectivity index (χ2v) is 2.99. The van der Waals surface area contributed by atoms with Gasteiger partial charge in [-0.2, -0.15) is 0 Å². The summed E-state index contributed by atoms with van der Waals surface area (Å²) in [4.78, 5) is 3.69. The molecule has 0 saturated carbocycles. The predicted octanol–water partition coefficient (Wildman–Crippen LogP) is 1.13. The summed E-state index contributed by atoms with van der Waals surface area (Å²) >= 11 is 0. The predicted molar refractivity (Wildman–Crippen MR) is 63.2 cm³/mol. The minimum Gasteiger partial charge on any atom is -0.370 e. The van der Waals surface area contributed by atoms with Gasteiger partial charge in [0.25, 0.3) is 0 Å². The van der Waals surface area contributed by atoms with Crippen LogP contribution in [0.5, 0.6) is 0 Å². The van der Waals surface area contributed by atoms with E-state index in [2.05, 4.69) is 10.3 Å². The number of rotatable bonds is 3. The van der Waals surface area contributed by atoms with E-state index in [1.165, 1.54) is 6.92 Å². The van der Waals surface area contributed by atoms with Crippen LogP contribution in [0, 0.1) is 5.41 Å². The van der Waals surface area contributed by atoms with E-state index in [4.69, 9.17) is 15.3 Å². The Morgan fingerprint density at radius 3 is 3.13 bits per heavy atom. The Labute approximate surface area is 93.9 Å². The molecule has 0 aliphatic carbocycles. The molecule has 0 aromatic heterocycles. The molecular formula is C11H16N4. The third-order valence-electron chi connectivity index (χ3n) is 1.57. The van der Waals surface area contributed by atoms with Crippen LogP contribution in [0.25, 0.3) is 0 Å². The van der Waals surface area contributed by atoms with Gasteiger partial charge in [0.1, 0.15) is 0 Å². The van der Waals surface area contributed by atoms with Gasteiger partial charge in [0, 0.05) is 6.50 Å². The number of hydrogen-bond acceptors (Lipinski definition) is 2. The van der Waals surface area contributed by atoms with Crippen molar-refractivity contribution in [3.8, 4) is 0 Å². The highest BCUT2D eigenvalue weighted by atomic mass is 15.1. The summed E-state index contributed by atoms with van der Waals surface area (Å²) in [5.41, 5.74) is 6.14. The first kappa shape index (κ1) is 7.45. The van der Waals surface area contributed by atoms with E-state index in [9.17, 15) is 0 Å². The van der Waals surface area contributed by atoms with Crippen molar-refractivity contribution < 1.29 is 4.11 Å². The highest BCUT2D eigenvalue weighted by molar-refractivity contribution is 5.96. The van der Waals surface area contributed by atoms with Crippen LogP contribution < -0.4 is 11.1 Å². The van der Waals surface area contributed by atoms with Gasteiger partial charge in [-0.15, -0.1) is 0 Å². The van der Waals surface area contributed by atoms with E-state index in [1.807, 2.05) is 0 Å². The molecule has 0 unspecified atom stereocenters. The Hall–Kier alpha value is -1.84. The molecule has 0 aliphatic heterocycles. The molecule has 15 heavy (non-hydrogen) atoms. The molecule has 4 heteroatoms. The van der Waals surface area contributed by atoms with E-state index in [1.54, 1.807) is 24.3 Å². The number of aliphatic imine (C=N–C) groups is 1. The first-order valence-corrected chi connectivity index (χ1v) is 4.51. The smallest absolute Gasteiger partial charge is 0.194 e.